The van der Waals surface area contributed by atoms with Crippen LogP contribution in [-0.4, -0.2) is 9.97 Å². The van der Waals surface area contributed by atoms with Gasteiger partial charge >= 0.3 is 0 Å². The Morgan fingerprint density at radius 3 is 2.90 bits per heavy atom. The van der Waals surface area contributed by atoms with Crippen molar-refractivity contribution in [3.63, 3.8) is 0 Å². The van der Waals surface area contributed by atoms with Gasteiger partial charge in [0, 0.05) is 0 Å². The van der Waals surface area contributed by atoms with Gasteiger partial charge in [-0.15, -0.1) is 0 Å². The molecule has 0 atom stereocenters. The predicted molar refractivity (Wildman–Crippen MR) is 41.3 cm³/mol. The largest absolute Gasteiger partial charge is 0.352 e. The molecule has 10 heavy (non-hydrogen) atoms. The molecule has 0 unspecified atom stereocenters. The first-order valence-electron chi connectivity index (χ1n) is 2.70. The monoisotopic (exact) mass is 222 g/mol. The van der Waals surface area contributed by atoms with Crippen molar-refractivity contribution in [3.05, 3.63) is 21.6 Å². The molecule has 0 bridgehead atoms. The molecule has 1 aromatic heterocycles. The van der Waals surface area contributed by atoms with Crippen molar-refractivity contribution in [2.75, 3.05) is 0 Å². The highest BCUT2D eigenvalue weighted by Gasteiger charge is 2.02. The van der Waals surface area contributed by atoms with Crippen LogP contribution >= 0.6 is 27.5 Å². The van der Waals surface area contributed by atoms with Gasteiger partial charge in [0.15, 0.2) is 5.15 Å². The van der Waals surface area contributed by atoms with Crippen LogP contribution < -0.4 is 5.73 Å². The van der Waals surface area contributed by atoms with Crippen molar-refractivity contribution in [2.24, 2.45) is 0 Å². The van der Waals surface area contributed by atoms with Gasteiger partial charge in [0.05, 0.1) is 6.20 Å². The highest BCUT2D eigenvalue weighted by atomic mass is 79.9. The second-order valence-electron chi connectivity index (χ2n) is 1.68. The van der Waals surface area contributed by atoms with Gasteiger partial charge in [-0.25, -0.2) is 9.97 Å². The lowest BCUT2D eigenvalue weighted by molar-refractivity contribution is -0.387. The van der Waals surface area contributed by atoms with E-state index in [4.69, 9.17) is 11.6 Å². The average Bonchev–Trinajstić information content (AvgIpc) is 1.94. The third-order valence-electron chi connectivity index (χ3n) is 1.00. The summed E-state index contributed by atoms with van der Waals surface area (Å²) in [6, 6.07) is 0. The normalized spacial score (nSPS) is 9.90. The van der Waals surface area contributed by atoms with Crippen molar-refractivity contribution in [1.29, 1.82) is 0 Å². The molecule has 0 fully saturated rings. The van der Waals surface area contributed by atoms with Gasteiger partial charge in [-0.3, -0.25) is 0 Å². The topological polar surface area (TPSA) is 53.4 Å². The number of nitrogens with zero attached hydrogens (tertiary/aromatic N) is 2. The lowest BCUT2D eigenvalue weighted by Gasteiger charge is -1.95. The zero-order valence-electron chi connectivity index (χ0n) is 5.14. The highest BCUT2D eigenvalue weighted by Crippen LogP contribution is 2.11. The number of rotatable bonds is 1. The molecule has 0 aliphatic carbocycles. The van der Waals surface area contributed by atoms with E-state index >= 15 is 0 Å². The van der Waals surface area contributed by atoms with E-state index in [2.05, 4.69) is 31.6 Å². The first-order valence-corrected chi connectivity index (χ1v) is 3.87. The highest BCUT2D eigenvalue weighted by molar-refractivity contribution is 9.10. The number of halogens is 2. The molecule has 54 valence electrons. The number of aromatic nitrogens is 2. The Hall–Kier alpha value is -0.190. The van der Waals surface area contributed by atoms with Gasteiger partial charge in [0.25, 0.3) is 0 Å². The minimum Gasteiger partial charge on any atom is -0.352 e. The maximum absolute atomic E-state index is 5.66. The SMILES string of the molecule is [NH3+]Cc1nc(Br)cnc1Cl. The summed E-state index contributed by atoms with van der Waals surface area (Å²) in [5, 5.41) is 0.429. The Bertz CT molecular complexity index is 240. The van der Waals surface area contributed by atoms with Crippen LogP contribution in [0.1, 0.15) is 5.69 Å². The lowest BCUT2D eigenvalue weighted by atomic mass is 10.5. The molecule has 0 saturated heterocycles. The third-order valence-corrected chi connectivity index (χ3v) is 1.70. The van der Waals surface area contributed by atoms with E-state index in [0.717, 1.165) is 5.69 Å². The van der Waals surface area contributed by atoms with Crippen molar-refractivity contribution in [1.82, 2.24) is 9.97 Å². The molecule has 0 spiro atoms. The zero-order chi connectivity index (χ0) is 7.56. The van der Waals surface area contributed by atoms with Crippen LogP contribution in [0.15, 0.2) is 10.8 Å². The molecular weight excluding hydrogens is 217 g/mol. The summed E-state index contributed by atoms with van der Waals surface area (Å²) in [4.78, 5) is 7.92. The molecule has 1 aromatic rings. The molecule has 1 heterocycles. The molecule has 0 radical (unpaired) electrons. The van der Waals surface area contributed by atoms with Gasteiger partial charge in [-0.1, -0.05) is 11.6 Å². The fourth-order valence-electron chi connectivity index (χ4n) is 0.547. The Morgan fingerprint density at radius 2 is 2.40 bits per heavy atom. The van der Waals surface area contributed by atoms with E-state index < -0.39 is 0 Å². The summed E-state index contributed by atoms with van der Waals surface area (Å²) in [6.07, 6.45) is 1.56. The zero-order valence-corrected chi connectivity index (χ0v) is 7.48. The summed E-state index contributed by atoms with van der Waals surface area (Å²) in [7, 11) is 0. The van der Waals surface area contributed by atoms with Gasteiger partial charge in [-0.05, 0) is 15.9 Å². The van der Waals surface area contributed by atoms with Crippen molar-refractivity contribution < 1.29 is 5.73 Å². The van der Waals surface area contributed by atoms with E-state index in [-0.39, 0.29) is 0 Å². The van der Waals surface area contributed by atoms with E-state index in [1.807, 2.05) is 0 Å². The number of hydrogen-bond donors (Lipinski definition) is 1. The fourth-order valence-corrected chi connectivity index (χ4v) is 1.05. The summed E-state index contributed by atoms with van der Waals surface area (Å²) in [5.41, 5.74) is 4.37. The Morgan fingerprint density at radius 1 is 1.70 bits per heavy atom. The average molecular weight is 223 g/mol. The van der Waals surface area contributed by atoms with Crippen LogP contribution in [0.2, 0.25) is 5.15 Å². The Labute approximate surface area is 71.7 Å². The van der Waals surface area contributed by atoms with Gasteiger partial charge in [-0.2, -0.15) is 0 Å². The lowest BCUT2D eigenvalue weighted by Crippen LogP contribution is -2.48. The van der Waals surface area contributed by atoms with E-state index in [1.165, 1.54) is 0 Å². The predicted octanol–water partition coefficient (Wildman–Crippen LogP) is 0.634. The Kier molecular flexibility index (Phi) is 2.59. The summed E-state index contributed by atoms with van der Waals surface area (Å²) in [5.74, 6) is 0. The molecule has 3 nitrogen and oxygen atoms in total. The van der Waals surface area contributed by atoms with Gasteiger partial charge in [0.1, 0.15) is 16.8 Å². The van der Waals surface area contributed by atoms with E-state index in [1.54, 1.807) is 6.20 Å². The third kappa shape index (κ3) is 1.65. The Balaban J connectivity index is 3.09. The first kappa shape index (κ1) is 7.91. The minimum absolute atomic E-state index is 0.429. The van der Waals surface area contributed by atoms with Gasteiger partial charge < -0.3 is 5.73 Å². The summed E-state index contributed by atoms with van der Waals surface area (Å²) in [6.45, 7) is 0.561. The molecule has 0 aliphatic rings. The van der Waals surface area contributed by atoms with Crippen molar-refractivity contribution in [2.45, 2.75) is 6.54 Å². The maximum Gasteiger partial charge on any atom is 0.156 e. The number of hydrogen-bond acceptors (Lipinski definition) is 2. The van der Waals surface area contributed by atoms with Crippen molar-refractivity contribution >= 4 is 27.5 Å². The van der Waals surface area contributed by atoms with E-state index in [0.29, 0.717) is 16.3 Å². The molecule has 0 aliphatic heterocycles. The second kappa shape index (κ2) is 3.27. The fraction of sp³-hybridized carbons (Fsp3) is 0.200. The van der Waals surface area contributed by atoms with Gasteiger partial charge in [0.2, 0.25) is 0 Å². The smallest absolute Gasteiger partial charge is 0.156 e. The van der Waals surface area contributed by atoms with Crippen LogP contribution in [0.4, 0.5) is 0 Å². The maximum atomic E-state index is 5.66. The van der Waals surface area contributed by atoms with Crippen LogP contribution in [0, 0.1) is 0 Å². The van der Waals surface area contributed by atoms with E-state index in [9.17, 15) is 0 Å². The summed E-state index contributed by atoms with van der Waals surface area (Å²) >= 11 is 8.84. The van der Waals surface area contributed by atoms with Crippen LogP contribution in [-0.2, 0) is 6.54 Å². The minimum atomic E-state index is 0.429. The number of quaternary nitrogens is 1. The molecule has 5 heteroatoms. The molecular formula is C5H6BrClN3+. The second-order valence-corrected chi connectivity index (χ2v) is 2.85. The standard InChI is InChI=1S/C5H5BrClN3/c6-4-2-9-5(7)3(1-8)10-4/h2H,1,8H2/p+1. The molecule has 0 aromatic carbocycles. The summed E-state index contributed by atoms with van der Waals surface area (Å²) < 4.78 is 0.690. The quantitative estimate of drug-likeness (QED) is 0.759. The molecule has 3 N–H and O–H groups in total. The first-order chi connectivity index (χ1) is 4.74. The molecule has 0 saturated carbocycles. The van der Waals surface area contributed by atoms with Crippen LogP contribution in [0.3, 0.4) is 0 Å². The molecule has 0 amide bonds. The van der Waals surface area contributed by atoms with Crippen LogP contribution in [0.25, 0.3) is 0 Å². The van der Waals surface area contributed by atoms with Crippen LogP contribution in [0.5, 0.6) is 0 Å². The molecule has 1 rings (SSSR count). The van der Waals surface area contributed by atoms with Crippen molar-refractivity contribution in [3.8, 4) is 0 Å².